The van der Waals surface area contributed by atoms with Gasteiger partial charge in [-0.15, -0.1) is 21.8 Å². The lowest BCUT2D eigenvalue weighted by atomic mass is 10.2. The Labute approximate surface area is 124 Å². The second kappa shape index (κ2) is 5.59. The molecule has 1 heterocycles. The van der Waals surface area contributed by atoms with Gasteiger partial charge in [-0.1, -0.05) is 11.6 Å². The van der Waals surface area contributed by atoms with Gasteiger partial charge in [0.05, 0.1) is 10.9 Å². The first-order valence-corrected chi connectivity index (χ1v) is 7.20. The summed E-state index contributed by atoms with van der Waals surface area (Å²) in [6, 6.07) is 5.94. The lowest BCUT2D eigenvalue weighted by Gasteiger charge is -2.13. The molecule has 0 aliphatic rings. The van der Waals surface area contributed by atoms with Crippen LogP contribution in [0.15, 0.2) is 22.7 Å². The standard InChI is InChI=1S/C12H12BrCl2N3/c1-7(2)18-11(6-14)16-17-12(18)8-3-4-10(15)9(13)5-8/h3-5,7H,6H2,1-2H3. The monoisotopic (exact) mass is 347 g/mol. The molecule has 0 N–H and O–H groups in total. The fourth-order valence-electron chi connectivity index (χ4n) is 1.79. The molecule has 0 aliphatic heterocycles. The van der Waals surface area contributed by atoms with Crippen LogP contribution in [0.2, 0.25) is 5.02 Å². The first-order chi connectivity index (χ1) is 8.54. The van der Waals surface area contributed by atoms with Gasteiger partial charge in [0.1, 0.15) is 5.82 Å². The zero-order valence-electron chi connectivity index (χ0n) is 9.99. The molecule has 2 rings (SSSR count). The number of alkyl halides is 1. The van der Waals surface area contributed by atoms with Gasteiger partial charge in [-0.25, -0.2) is 0 Å². The molecule has 0 spiro atoms. The molecule has 18 heavy (non-hydrogen) atoms. The van der Waals surface area contributed by atoms with Crippen LogP contribution in [0.25, 0.3) is 11.4 Å². The lowest BCUT2D eigenvalue weighted by molar-refractivity contribution is 0.585. The van der Waals surface area contributed by atoms with Gasteiger partial charge in [-0.3, -0.25) is 0 Å². The van der Waals surface area contributed by atoms with Crippen molar-refractivity contribution in [1.82, 2.24) is 14.8 Å². The highest BCUT2D eigenvalue weighted by Gasteiger charge is 2.16. The highest BCUT2D eigenvalue weighted by Crippen LogP contribution is 2.29. The van der Waals surface area contributed by atoms with Gasteiger partial charge in [-0.05, 0) is 48.0 Å². The molecule has 0 unspecified atom stereocenters. The van der Waals surface area contributed by atoms with Crippen molar-refractivity contribution in [2.75, 3.05) is 0 Å². The van der Waals surface area contributed by atoms with E-state index in [0.717, 1.165) is 21.7 Å². The van der Waals surface area contributed by atoms with E-state index in [1.807, 2.05) is 22.8 Å². The van der Waals surface area contributed by atoms with E-state index in [-0.39, 0.29) is 6.04 Å². The maximum Gasteiger partial charge on any atom is 0.164 e. The highest BCUT2D eigenvalue weighted by atomic mass is 79.9. The zero-order valence-corrected chi connectivity index (χ0v) is 13.1. The molecule has 6 heteroatoms. The average molecular weight is 349 g/mol. The van der Waals surface area contributed by atoms with Crippen LogP contribution < -0.4 is 0 Å². The van der Waals surface area contributed by atoms with E-state index >= 15 is 0 Å². The summed E-state index contributed by atoms with van der Waals surface area (Å²) in [7, 11) is 0. The molecule has 2 aromatic rings. The fourth-order valence-corrected chi connectivity index (χ4v) is 2.47. The molecule has 0 radical (unpaired) electrons. The second-order valence-electron chi connectivity index (χ2n) is 4.17. The number of nitrogens with zero attached hydrogens (tertiary/aromatic N) is 3. The number of halogens is 3. The summed E-state index contributed by atoms with van der Waals surface area (Å²) in [6.07, 6.45) is 0. The highest BCUT2D eigenvalue weighted by molar-refractivity contribution is 9.10. The fraction of sp³-hybridized carbons (Fsp3) is 0.333. The molecule has 0 saturated carbocycles. The minimum absolute atomic E-state index is 0.248. The number of hydrogen-bond donors (Lipinski definition) is 0. The van der Waals surface area contributed by atoms with Crippen molar-refractivity contribution in [2.24, 2.45) is 0 Å². The Bertz CT molecular complexity index is 566. The SMILES string of the molecule is CC(C)n1c(CCl)nnc1-c1ccc(Cl)c(Br)c1. The Morgan fingerprint density at radius 1 is 1.33 bits per heavy atom. The largest absolute Gasteiger partial charge is 0.307 e. The number of hydrogen-bond acceptors (Lipinski definition) is 2. The molecule has 0 amide bonds. The lowest BCUT2D eigenvalue weighted by Crippen LogP contribution is -2.07. The van der Waals surface area contributed by atoms with Crippen LogP contribution in [-0.4, -0.2) is 14.8 Å². The average Bonchev–Trinajstić information content (AvgIpc) is 2.76. The van der Waals surface area contributed by atoms with E-state index in [9.17, 15) is 0 Å². The van der Waals surface area contributed by atoms with Crippen molar-refractivity contribution in [3.05, 3.63) is 33.5 Å². The Balaban J connectivity index is 2.56. The first-order valence-electron chi connectivity index (χ1n) is 5.49. The number of aromatic nitrogens is 3. The minimum atomic E-state index is 0.248. The van der Waals surface area contributed by atoms with Gasteiger partial charge in [0.25, 0.3) is 0 Å². The maximum atomic E-state index is 5.99. The van der Waals surface area contributed by atoms with Crippen molar-refractivity contribution in [3.63, 3.8) is 0 Å². The van der Waals surface area contributed by atoms with Gasteiger partial charge in [-0.2, -0.15) is 0 Å². The first kappa shape index (κ1) is 13.8. The van der Waals surface area contributed by atoms with Gasteiger partial charge in [0.15, 0.2) is 5.82 Å². The molecule has 1 aromatic heterocycles. The molecule has 0 aliphatic carbocycles. The zero-order chi connectivity index (χ0) is 13.3. The van der Waals surface area contributed by atoms with E-state index in [1.165, 1.54) is 0 Å². The molecule has 3 nitrogen and oxygen atoms in total. The van der Waals surface area contributed by atoms with Crippen LogP contribution in [0.3, 0.4) is 0 Å². The molecule has 96 valence electrons. The summed E-state index contributed by atoms with van der Waals surface area (Å²) in [4.78, 5) is 0. The molecule has 0 bridgehead atoms. The number of benzene rings is 1. The second-order valence-corrected chi connectivity index (χ2v) is 5.69. The summed E-state index contributed by atoms with van der Waals surface area (Å²) < 4.78 is 2.87. The predicted molar refractivity (Wildman–Crippen MR) is 78.1 cm³/mol. The number of rotatable bonds is 3. The van der Waals surface area contributed by atoms with Gasteiger partial charge < -0.3 is 4.57 Å². The van der Waals surface area contributed by atoms with E-state index in [0.29, 0.717) is 10.9 Å². The molecule has 0 atom stereocenters. The van der Waals surface area contributed by atoms with E-state index in [4.69, 9.17) is 23.2 Å². The summed E-state index contributed by atoms with van der Waals surface area (Å²) >= 11 is 15.3. The minimum Gasteiger partial charge on any atom is -0.307 e. The smallest absolute Gasteiger partial charge is 0.164 e. The Hall–Kier alpha value is -0.580. The van der Waals surface area contributed by atoms with Crippen molar-refractivity contribution in [2.45, 2.75) is 25.8 Å². The van der Waals surface area contributed by atoms with Crippen LogP contribution in [-0.2, 0) is 5.88 Å². The van der Waals surface area contributed by atoms with Gasteiger partial charge in [0, 0.05) is 16.1 Å². The predicted octanol–water partition coefficient (Wildman–Crippen LogP) is 4.68. The van der Waals surface area contributed by atoms with Gasteiger partial charge >= 0.3 is 0 Å². The normalized spacial score (nSPS) is 11.2. The van der Waals surface area contributed by atoms with Crippen LogP contribution >= 0.6 is 39.1 Å². The summed E-state index contributed by atoms with van der Waals surface area (Å²) in [5.74, 6) is 1.92. The maximum absolute atomic E-state index is 5.99. The van der Waals surface area contributed by atoms with Crippen LogP contribution in [0.1, 0.15) is 25.7 Å². The van der Waals surface area contributed by atoms with Crippen molar-refractivity contribution < 1.29 is 0 Å². The molecular formula is C12H12BrCl2N3. The summed E-state index contributed by atoms with van der Waals surface area (Å²) in [5.41, 5.74) is 0.962. The topological polar surface area (TPSA) is 30.7 Å². The van der Waals surface area contributed by atoms with Crippen LogP contribution in [0.5, 0.6) is 0 Å². The molecule has 0 fully saturated rings. The van der Waals surface area contributed by atoms with Crippen molar-refractivity contribution >= 4 is 39.1 Å². The van der Waals surface area contributed by atoms with Crippen molar-refractivity contribution in [3.8, 4) is 11.4 Å². The summed E-state index contributed by atoms with van der Waals surface area (Å²) in [6.45, 7) is 4.15. The molecule has 0 saturated heterocycles. The van der Waals surface area contributed by atoms with E-state index in [1.54, 1.807) is 0 Å². The Morgan fingerprint density at radius 3 is 2.61 bits per heavy atom. The third-order valence-corrected chi connectivity index (χ3v) is 4.03. The Kier molecular flexibility index (Phi) is 4.30. The molecule has 1 aromatic carbocycles. The molecular weight excluding hydrogens is 337 g/mol. The van der Waals surface area contributed by atoms with Gasteiger partial charge in [0.2, 0.25) is 0 Å². The van der Waals surface area contributed by atoms with Crippen LogP contribution in [0, 0.1) is 0 Å². The third-order valence-electron chi connectivity index (χ3n) is 2.58. The third kappa shape index (κ3) is 2.56. The van der Waals surface area contributed by atoms with Crippen molar-refractivity contribution in [1.29, 1.82) is 0 Å². The Morgan fingerprint density at radius 2 is 2.06 bits per heavy atom. The quantitative estimate of drug-likeness (QED) is 0.754. The van der Waals surface area contributed by atoms with E-state index in [2.05, 4.69) is 40.0 Å². The van der Waals surface area contributed by atoms with E-state index < -0.39 is 0 Å². The van der Waals surface area contributed by atoms with Crippen LogP contribution in [0.4, 0.5) is 0 Å². The summed E-state index contributed by atoms with van der Waals surface area (Å²) in [5, 5.41) is 9.00.